The molecule has 144 valence electrons. The van der Waals surface area contributed by atoms with Crippen LogP contribution in [0.5, 0.6) is 5.75 Å². The molecule has 0 aliphatic heterocycles. The van der Waals surface area contributed by atoms with Gasteiger partial charge in [0.05, 0.1) is 18.2 Å². The number of ether oxygens (including phenoxy) is 2. The highest BCUT2D eigenvalue weighted by Gasteiger charge is 2.31. The number of benzene rings is 2. The first-order chi connectivity index (χ1) is 13.3. The Morgan fingerprint density at radius 3 is 2.64 bits per heavy atom. The van der Waals surface area contributed by atoms with Gasteiger partial charge in [-0.2, -0.15) is 5.26 Å². The molecule has 5 nitrogen and oxygen atoms in total. The first-order valence-electron chi connectivity index (χ1n) is 8.36. The number of rotatable bonds is 5. The lowest BCUT2D eigenvalue weighted by atomic mass is 10.1. The highest BCUT2D eigenvalue weighted by molar-refractivity contribution is 5.96. The van der Waals surface area contributed by atoms with E-state index in [0.29, 0.717) is 22.0 Å². The number of hydrogen-bond donors (Lipinski definition) is 0. The van der Waals surface area contributed by atoms with Gasteiger partial charge < -0.3 is 14.0 Å². The summed E-state index contributed by atoms with van der Waals surface area (Å²) in [5.74, 6) is -0.897. The molecule has 0 radical (unpaired) electrons. The lowest BCUT2D eigenvalue weighted by Crippen LogP contribution is -2.17. The Balaban J connectivity index is 2.04. The predicted molar refractivity (Wildman–Crippen MR) is 94.8 cm³/mol. The SMILES string of the molecule is CCOC(=O)c1cc2cc(C#N)ccc2n1Cc1cccc(OC(F)(F)F)c1. The van der Waals surface area contributed by atoms with Crippen LogP contribution in [0.2, 0.25) is 0 Å². The van der Waals surface area contributed by atoms with Gasteiger partial charge in [0.25, 0.3) is 0 Å². The van der Waals surface area contributed by atoms with Crippen molar-refractivity contribution in [3.8, 4) is 11.8 Å². The van der Waals surface area contributed by atoms with Crippen molar-refractivity contribution in [3.63, 3.8) is 0 Å². The molecule has 3 aromatic rings. The van der Waals surface area contributed by atoms with Gasteiger partial charge in [-0.05, 0) is 48.9 Å². The normalized spacial score (nSPS) is 11.2. The Labute approximate surface area is 158 Å². The third kappa shape index (κ3) is 4.26. The molecule has 0 fully saturated rings. The Morgan fingerprint density at radius 1 is 1.18 bits per heavy atom. The molecule has 0 atom stereocenters. The van der Waals surface area contributed by atoms with Gasteiger partial charge >= 0.3 is 12.3 Å². The van der Waals surface area contributed by atoms with E-state index in [-0.39, 0.29) is 24.6 Å². The Bertz CT molecular complexity index is 1060. The van der Waals surface area contributed by atoms with Crippen LogP contribution in [0.4, 0.5) is 13.2 Å². The van der Waals surface area contributed by atoms with Gasteiger partial charge in [0, 0.05) is 17.4 Å². The lowest BCUT2D eigenvalue weighted by molar-refractivity contribution is -0.274. The fraction of sp³-hybridized carbons (Fsp3) is 0.200. The molecule has 0 spiro atoms. The van der Waals surface area contributed by atoms with Gasteiger partial charge in [0.2, 0.25) is 0 Å². The number of aromatic nitrogens is 1. The van der Waals surface area contributed by atoms with E-state index >= 15 is 0 Å². The third-order valence-electron chi connectivity index (χ3n) is 3.99. The molecule has 0 aliphatic rings. The van der Waals surface area contributed by atoms with E-state index in [1.54, 1.807) is 41.8 Å². The van der Waals surface area contributed by atoms with Gasteiger partial charge in [-0.3, -0.25) is 0 Å². The lowest BCUT2D eigenvalue weighted by Gasteiger charge is -2.13. The van der Waals surface area contributed by atoms with Crippen molar-refractivity contribution < 1.29 is 27.4 Å². The molecule has 1 heterocycles. The van der Waals surface area contributed by atoms with Gasteiger partial charge in [0.15, 0.2) is 0 Å². The van der Waals surface area contributed by atoms with Gasteiger partial charge in [-0.25, -0.2) is 4.79 Å². The maximum Gasteiger partial charge on any atom is 0.573 e. The van der Waals surface area contributed by atoms with E-state index < -0.39 is 12.3 Å². The summed E-state index contributed by atoms with van der Waals surface area (Å²) < 4.78 is 48.1. The average Bonchev–Trinajstić information content (AvgIpc) is 2.98. The van der Waals surface area contributed by atoms with Crippen LogP contribution in [0.3, 0.4) is 0 Å². The summed E-state index contributed by atoms with van der Waals surface area (Å²) in [6, 6.07) is 14.1. The summed E-state index contributed by atoms with van der Waals surface area (Å²) >= 11 is 0. The molecule has 3 rings (SSSR count). The minimum atomic E-state index is -4.79. The number of halogens is 3. The minimum Gasteiger partial charge on any atom is -0.461 e. The zero-order valence-corrected chi connectivity index (χ0v) is 14.8. The van der Waals surface area contributed by atoms with Crippen LogP contribution in [-0.4, -0.2) is 23.5 Å². The summed E-state index contributed by atoms with van der Waals surface area (Å²) in [7, 11) is 0. The maximum atomic E-state index is 12.5. The van der Waals surface area contributed by atoms with Crippen molar-refractivity contribution in [2.75, 3.05) is 6.61 Å². The molecule has 8 heteroatoms. The van der Waals surface area contributed by atoms with E-state index in [4.69, 9.17) is 10.00 Å². The molecule has 0 aliphatic carbocycles. The zero-order chi connectivity index (χ0) is 20.3. The number of hydrogen-bond acceptors (Lipinski definition) is 4. The van der Waals surface area contributed by atoms with Crippen LogP contribution in [0.25, 0.3) is 10.9 Å². The van der Waals surface area contributed by atoms with Gasteiger partial charge in [0.1, 0.15) is 11.4 Å². The van der Waals surface area contributed by atoms with Crippen LogP contribution in [0, 0.1) is 11.3 Å². The molecule has 0 saturated heterocycles. The quantitative estimate of drug-likeness (QED) is 0.598. The molecule has 0 amide bonds. The van der Waals surface area contributed by atoms with E-state index in [1.165, 1.54) is 18.2 Å². The number of nitrogens with zero attached hydrogens (tertiary/aromatic N) is 2. The summed E-state index contributed by atoms with van der Waals surface area (Å²) in [4.78, 5) is 12.4. The Morgan fingerprint density at radius 2 is 1.96 bits per heavy atom. The predicted octanol–water partition coefficient (Wildman–Crippen LogP) is 4.64. The molecule has 0 saturated carbocycles. The smallest absolute Gasteiger partial charge is 0.461 e. The molecule has 0 bridgehead atoms. The number of fused-ring (bicyclic) bond motifs is 1. The molecule has 0 N–H and O–H groups in total. The second kappa shape index (κ2) is 7.64. The Kier molecular flexibility index (Phi) is 5.27. The van der Waals surface area contributed by atoms with E-state index in [1.807, 2.05) is 6.07 Å². The highest BCUT2D eigenvalue weighted by Crippen LogP contribution is 2.26. The van der Waals surface area contributed by atoms with Crippen LogP contribution in [0.15, 0.2) is 48.5 Å². The summed E-state index contributed by atoms with van der Waals surface area (Å²) in [6.45, 7) is 1.98. The number of carbonyl (C=O) groups is 1. The first kappa shape index (κ1) is 19.3. The van der Waals surface area contributed by atoms with Crippen molar-refractivity contribution in [2.45, 2.75) is 19.8 Å². The molecule has 0 unspecified atom stereocenters. The summed E-state index contributed by atoms with van der Waals surface area (Å²) in [6.07, 6.45) is -4.79. The van der Waals surface area contributed by atoms with Crippen molar-refractivity contribution in [2.24, 2.45) is 0 Å². The molecule has 1 aromatic heterocycles. The molecule has 2 aromatic carbocycles. The Hall–Kier alpha value is -3.47. The average molecular weight is 388 g/mol. The van der Waals surface area contributed by atoms with Crippen LogP contribution < -0.4 is 4.74 Å². The van der Waals surface area contributed by atoms with E-state index in [9.17, 15) is 18.0 Å². The zero-order valence-electron chi connectivity index (χ0n) is 14.8. The van der Waals surface area contributed by atoms with Crippen LogP contribution >= 0.6 is 0 Å². The number of nitriles is 1. The van der Waals surface area contributed by atoms with Crippen LogP contribution in [-0.2, 0) is 11.3 Å². The fourth-order valence-corrected chi connectivity index (χ4v) is 2.91. The van der Waals surface area contributed by atoms with Crippen molar-refractivity contribution >= 4 is 16.9 Å². The molecular formula is C20H15F3N2O3. The first-order valence-corrected chi connectivity index (χ1v) is 8.36. The van der Waals surface area contributed by atoms with Crippen molar-refractivity contribution in [1.82, 2.24) is 4.57 Å². The van der Waals surface area contributed by atoms with E-state index in [2.05, 4.69) is 4.74 Å². The number of carbonyl (C=O) groups excluding carboxylic acids is 1. The van der Waals surface area contributed by atoms with E-state index in [0.717, 1.165) is 0 Å². The number of alkyl halides is 3. The standard InChI is InChI=1S/C20H15F3N2O3/c1-2-27-19(26)18-10-15-8-13(11-24)6-7-17(15)25(18)12-14-4-3-5-16(9-14)28-20(21,22)23/h3-10H,2,12H2,1H3. The maximum absolute atomic E-state index is 12.5. The summed E-state index contributed by atoms with van der Waals surface area (Å²) in [5, 5.41) is 9.73. The fourth-order valence-electron chi connectivity index (χ4n) is 2.91. The second-order valence-corrected chi connectivity index (χ2v) is 5.92. The molecular weight excluding hydrogens is 373 g/mol. The monoisotopic (exact) mass is 388 g/mol. The number of esters is 1. The summed E-state index contributed by atoms with van der Waals surface area (Å²) in [5.41, 5.74) is 1.84. The minimum absolute atomic E-state index is 0.124. The van der Waals surface area contributed by atoms with Gasteiger partial charge in [-0.1, -0.05) is 12.1 Å². The second-order valence-electron chi connectivity index (χ2n) is 5.92. The van der Waals surface area contributed by atoms with Crippen molar-refractivity contribution in [3.05, 3.63) is 65.4 Å². The largest absolute Gasteiger partial charge is 0.573 e. The van der Waals surface area contributed by atoms with Crippen molar-refractivity contribution in [1.29, 1.82) is 5.26 Å². The third-order valence-corrected chi connectivity index (χ3v) is 3.99. The topological polar surface area (TPSA) is 64.2 Å². The highest BCUT2D eigenvalue weighted by atomic mass is 19.4. The van der Waals surface area contributed by atoms with Gasteiger partial charge in [-0.15, -0.1) is 13.2 Å². The molecule has 28 heavy (non-hydrogen) atoms. The van der Waals surface area contributed by atoms with Crippen LogP contribution in [0.1, 0.15) is 28.5 Å².